The van der Waals surface area contributed by atoms with Crippen LogP contribution in [0.15, 0.2) is 18.3 Å². The lowest BCUT2D eigenvalue weighted by molar-refractivity contribution is -0.140. The van der Waals surface area contributed by atoms with Crippen LogP contribution in [-0.4, -0.2) is 38.4 Å². The molecule has 0 unspecified atom stereocenters. The van der Waals surface area contributed by atoms with Gasteiger partial charge >= 0.3 is 0 Å². The van der Waals surface area contributed by atoms with Gasteiger partial charge < -0.3 is 9.47 Å². The van der Waals surface area contributed by atoms with Crippen LogP contribution in [-0.2, 0) is 11.2 Å². The predicted molar refractivity (Wildman–Crippen MR) is 95.8 cm³/mol. The first kappa shape index (κ1) is 16.9. The summed E-state index contributed by atoms with van der Waals surface area (Å²) in [7, 11) is 0. The Balaban J connectivity index is 1.83. The Hall–Kier alpha value is -1.91. The summed E-state index contributed by atoms with van der Waals surface area (Å²) in [5.41, 5.74) is 1.67. The molecule has 0 bridgehead atoms. The summed E-state index contributed by atoms with van der Waals surface area (Å²) < 4.78 is 2.33. The van der Waals surface area contributed by atoms with Crippen LogP contribution < -0.4 is 0 Å². The molecule has 130 valence electrons. The average Bonchev–Trinajstić information content (AvgIpc) is 2.92. The molecule has 2 aromatic rings. The molecule has 1 fully saturated rings. The Labute approximate surface area is 144 Å². The number of likely N-dealkylation sites (tertiary alicyclic amines) is 1. The van der Waals surface area contributed by atoms with Crippen LogP contribution in [0.25, 0.3) is 11.2 Å². The number of carbonyl (C=O) groups excluding carboxylic acids is 1. The number of aryl methyl sites for hydroxylation is 1. The molecule has 0 aromatic carbocycles. The van der Waals surface area contributed by atoms with Gasteiger partial charge in [-0.3, -0.25) is 4.79 Å². The SMILES string of the molecule is CCCc1nc2cccnc2n1C1CCN(C(=O)C(C)(C)C)CC1. The fourth-order valence-corrected chi connectivity index (χ4v) is 3.56. The Morgan fingerprint density at radius 2 is 2.00 bits per heavy atom. The van der Waals surface area contributed by atoms with Crippen molar-refractivity contribution in [1.29, 1.82) is 0 Å². The van der Waals surface area contributed by atoms with Gasteiger partial charge in [0, 0.05) is 37.2 Å². The molecule has 5 heteroatoms. The van der Waals surface area contributed by atoms with Gasteiger partial charge in [-0.2, -0.15) is 0 Å². The number of pyridine rings is 1. The number of carbonyl (C=O) groups is 1. The number of fused-ring (bicyclic) bond motifs is 1. The third-order valence-corrected chi connectivity index (χ3v) is 4.75. The third-order valence-electron chi connectivity index (χ3n) is 4.75. The number of imidazole rings is 1. The summed E-state index contributed by atoms with van der Waals surface area (Å²) in [5.74, 6) is 1.38. The number of rotatable bonds is 3. The van der Waals surface area contributed by atoms with Crippen molar-refractivity contribution < 1.29 is 4.79 Å². The van der Waals surface area contributed by atoms with E-state index < -0.39 is 0 Å². The summed E-state index contributed by atoms with van der Waals surface area (Å²) in [6, 6.07) is 4.37. The largest absolute Gasteiger partial charge is 0.342 e. The lowest BCUT2D eigenvalue weighted by Crippen LogP contribution is -2.44. The van der Waals surface area contributed by atoms with E-state index in [1.165, 1.54) is 0 Å². The number of nitrogens with zero attached hydrogens (tertiary/aromatic N) is 4. The minimum atomic E-state index is -0.302. The molecule has 0 aliphatic carbocycles. The zero-order valence-corrected chi connectivity index (χ0v) is 15.2. The average molecular weight is 328 g/mol. The molecule has 1 aliphatic rings. The second-order valence-corrected chi connectivity index (χ2v) is 7.77. The number of aromatic nitrogens is 3. The number of hydrogen-bond donors (Lipinski definition) is 0. The Kier molecular flexibility index (Phi) is 4.61. The van der Waals surface area contributed by atoms with Gasteiger partial charge in [-0.1, -0.05) is 27.7 Å². The van der Waals surface area contributed by atoms with Crippen molar-refractivity contribution in [3.8, 4) is 0 Å². The molecule has 24 heavy (non-hydrogen) atoms. The van der Waals surface area contributed by atoms with E-state index in [1.54, 1.807) is 0 Å². The van der Waals surface area contributed by atoms with Gasteiger partial charge in [0.25, 0.3) is 0 Å². The topological polar surface area (TPSA) is 51.0 Å². The maximum absolute atomic E-state index is 12.5. The van der Waals surface area contributed by atoms with Gasteiger partial charge in [0.15, 0.2) is 5.65 Å². The van der Waals surface area contributed by atoms with Crippen molar-refractivity contribution >= 4 is 17.1 Å². The van der Waals surface area contributed by atoms with Gasteiger partial charge in [-0.05, 0) is 31.4 Å². The van der Waals surface area contributed by atoms with E-state index in [0.29, 0.717) is 6.04 Å². The van der Waals surface area contributed by atoms with Gasteiger partial charge in [-0.15, -0.1) is 0 Å². The zero-order valence-electron chi connectivity index (χ0n) is 15.2. The van der Waals surface area contributed by atoms with Crippen LogP contribution in [0, 0.1) is 5.41 Å². The van der Waals surface area contributed by atoms with Gasteiger partial charge in [0.2, 0.25) is 5.91 Å². The number of piperidine rings is 1. The van der Waals surface area contributed by atoms with Gasteiger partial charge in [-0.25, -0.2) is 9.97 Å². The van der Waals surface area contributed by atoms with Crippen molar-refractivity contribution in [3.63, 3.8) is 0 Å². The van der Waals surface area contributed by atoms with Crippen molar-refractivity contribution in [2.45, 2.75) is 59.4 Å². The van der Waals surface area contributed by atoms with Crippen LogP contribution in [0.2, 0.25) is 0 Å². The van der Waals surface area contributed by atoms with Gasteiger partial charge in [0.1, 0.15) is 11.3 Å². The molecule has 1 amide bonds. The van der Waals surface area contributed by atoms with Gasteiger partial charge in [0.05, 0.1) is 0 Å². The van der Waals surface area contributed by atoms with Crippen LogP contribution in [0.4, 0.5) is 0 Å². The summed E-state index contributed by atoms with van der Waals surface area (Å²) >= 11 is 0. The molecule has 3 heterocycles. The van der Waals surface area contributed by atoms with E-state index in [2.05, 4.69) is 16.5 Å². The minimum absolute atomic E-state index is 0.253. The molecule has 2 aromatic heterocycles. The van der Waals surface area contributed by atoms with Crippen LogP contribution in [0.3, 0.4) is 0 Å². The molecular weight excluding hydrogens is 300 g/mol. The second kappa shape index (κ2) is 6.54. The van der Waals surface area contributed by atoms with E-state index >= 15 is 0 Å². The maximum Gasteiger partial charge on any atom is 0.227 e. The van der Waals surface area contributed by atoms with E-state index in [4.69, 9.17) is 4.98 Å². The highest BCUT2D eigenvalue weighted by Gasteiger charge is 2.31. The summed E-state index contributed by atoms with van der Waals surface area (Å²) in [5, 5.41) is 0. The molecule has 0 spiro atoms. The smallest absolute Gasteiger partial charge is 0.227 e. The summed E-state index contributed by atoms with van der Waals surface area (Å²) in [4.78, 5) is 23.9. The van der Waals surface area contributed by atoms with E-state index in [9.17, 15) is 4.79 Å². The number of hydrogen-bond acceptors (Lipinski definition) is 3. The quantitative estimate of drug-likeness (QED) is 0.865. The highest BCUT2D eigenvalue weighted by molar-refractivity contribution is 5.81. The lowest BCUT2D eigenvalue weighted by atomic mass is 9.93. The first-order valence-corrected chi connectivity index (χ1v) is 9.03. The first-order chi connectivity index (χ1) is 11.4. The van der Waals surface area contributed by atoms with Crippen LogP contribution in [0.5, 0.6) is 0 Å². The molecule has 3 rings (SSSR count). The van der Waals surface area contributed by atoms with Crippen LogP contribution >= 0.6 is 0 Å². The predicted octanol–water partition coefficient (Wildman–Crippen LogP) is 3.59. The molecule has 0 atom stereocenters. The third kappa shape index (κ3) is 3.17. The number of amides is 1. The fraction of sp³-hybridized carbons (Fsp3) is 0.632. The van der Waals surface area contributed by atoms with E-state index in [0.717, 1.165) is 55.8 Å². The Morgan fingerprint density at radius 3 is 2.62 bits per heavy atom. The molecule has 5 nitrogen and oxygen atoms in total. The van der Waals surface area contributed by atoms with Crippen molar-refractivity contribution in [2.24, 2.45) is 5.41 Å². The maximum atomic E-state index is 12.5. The lowest BCUT2D eigenvalue weighted by Gasteiger charge is -2.36. The summed E-state index contributed by atoms with van der Waals surface area (Å²) in [6.45, 7) is 9.80. The standard InChI is InChI=1S/C19H28N4O/c1-5-7-16-21-15-8-6-11-20-17(15)23(16)14-9-12-22(13-10-14)18(24)19(2,3)4/h6,8,11,14H,5,7,9-10,12-13H2,1-4H3. The molecule has 0 N–H and O–H groups in total. The second-order valence-electron chi connectivity index (χ2n) is 7.77. The monoisotopic (exact) mass is 328 g/mol. The van der Waals surface area contributed by atoms with Crippen LogP contribution in [0.1, 0.15) is 58.8 Å². The minimum Gasteiger partial charge on any atom is -0.342 e. The highest BCUT2D eigenvalue weighted by Crippen LogP contribution is 2.30. The van der Waals surface area contributed by atoms with Crippen molar-refractivity contribution in [1.82, 2.24) is 19.4 Å². The Morgan fingerprint density at radius 1 is 1.29 bits per heavy atom. The molecule has 1 aliphatic heterocycles. The molecular formula is C19H28N4O. The molecule has 1 saturated heterocycles. The van der Waals surface area contributed by atoms with E-state index in [1.807, 2.05) is 44.0 Å². The normalized spacial score (nSPS) is 16.8. The summed E-state index contributed by atoms with van der Waals surface area (Å²) in [6.07, 6.45) is 5.83. The van der Waals surface area contributed by atoms with Crippen molar-refractivity contribution in [2.75, 3.05) is 13.1 Å². The van der Waals surface area contributed by atoms with E-state index in [-0.39, 0.29) is 11.3 Å². The molecule has 0 radical (unpaired) electrons. The molecule has 0 saturated carbocycles. The highest BCUT2D eigenvalue weighted by atomic mass is 16.2. The van der Waals surface area contributed by atoms with Crippen molar-refractivity contribution in [3.05, 3.63) is 24.2 Å². The zero-order chi connectivity index (χ0) is 17.3. The fourth-order valence-electron chi connectivity index (χ4n) is 3.56. The first-order valence-electron chi connectivity index (χ1n) is 9.03. The Bertz CT molecular complexity index is 721.